The van der Waals surface area contributed by atoms with E-state index in [9.17, 15) is 20.0 Å². The maximum absolute atomic E-state index is 12.6. The molecule has 1 aromatic heterocycles. The van der Waals surface area contributed by atoms with Crippen molar-refractivity contribution in [2.24, 2.45) is 0 Å². The van der Waals surface area contributed by atoms with E-state index in [1.54, 1.807) is 24.3 Å². The summed E-state index contributed by atoms with van der Waals surface area (Å²) in [5.41, 5.74) is 6.70. The third kappa shape index (κ3) is 4.79. The molecule has 204 valence electrons. The van der Waals surface area contributed by atoms with Crippen LogP contribution in [0.4, 0.5) is 17.1 Å². The molecule has 0 radical (unpaired) electrons. The number of anilines is 2. The molecule has 0 bridgehead atoms. The Bertz CT molecular complexity index is 1590. The van der Waals surface area contributed by atoms with Crippen molar-refractivity contribution < 1.29 is 14.8 Å². The number of aromatic nitrogens is 1. The molecule has 0 amide bonds. The maximum Gasteiger partial charge on any atom is 0.338 e. The molecule has 1 N–H and O–H groups in total. The molecule has 0 spiro atoms. The molecule has 3 aromatic carbocycles. The molecule has 2 fully saturated rings. The van der Waals surface area contributed by atoms with Gasteiger partial charge in [0.05, 0.1) is 16.2 Å². The molecule has 1 aliphatic carbocycles. The van der Waals surface area contributed by atoms with Gasteiger partial charge in [0.15, 0.2) is 0 Å². The number of hydrogen-bond acceptors (Lipinski definition) is 5. The number of nitrogens with zero attached hydrogens (tertiary/aromatic N) is 4. The molecule has 1 aliphatic heterocycles. The summed E-state index contributed by atoms with van der Waals surface area (Å²) in [7, 11) is 0. The Hall–Kier alpha value is -4.30. The largest absolute Gasteiger partial charge is 0.478 e. The molecule has 4 aromatic rings. The van der Waals surface area contributed by atoms with Crippen molar-refractivity contribution in [3.05, 3.63) is 99.2 Å². The van der Waals surface area contributed by atoms with Gasteiger partial charge in [0.25, 0.3) is 5.69 Å². The van der Waals surface area contributed by atoms with Crippen molar-refractivity contribution in [2.45, 2.75) is 25.8 Å². The predicted molar refractivity (Wildman–Crippen MR) is 158 cm³/mol. The van der Waals surface area contributed by atoms with Gasteiger partial charge in [-0.25, -0.2) is 4.79 Å². The lowest BCUT2D eigenvalue weighted by atomic mass is 9.96. The second-order valence-corrected chi connectivity index (χ2v) is 10.8. The lowest BCUT2D eigenvalue weighted by Crippen LogP contribution is -2.46. The smallest absolute Gasteiger partial charge is 0.338 e. The number of aromatic carboxylic acids is 1. The van der Waals surface area contributed by atoms with Crippen molar-refractivity contribution in [1.82, 2.24) is 4.57 Å². The highest BCUT2D eigenvalue weighted by molar-refractivity contribution is 6.30. The quantitative estimate of drug-likeness (QED) is 0.194. The fourth-order valence-corrected chi connectivity index (χ4v) is 5.92. The van der Waals surface area contributed by atoms with Crippen LogP contribution in [0.2, 0.25) is 5.02 Å². The van der Waals surface area contributed by atoms with Crippen LogP contribution in [0.5, 0.6) is 0 Å². The Labute approximate surface area is 237 Å². The molecule has 0 atom stereocenters. The monoisotopic (exact) mass is 556 g/mol. The van der Waals surface area contributed by atoms with Gasteiger partial charge < -0.3 is 19.5 Å². The first-order valence-corrected chi connectivity index (χ1v) is 13.8. The highest BCUT2D eigenvalue weighted by atomic mass is 35.5. The van der Waals surface area contributed by atoms with Gasteiger partial charge >= 0.3 is 5.97 Å². The van der Waals surface area contributed by atoms with Crippen LogP contribution in [0.25, 0.3) is 22.4 Å². The highest BCUT2D eigenvalue weighted by Crippen LogP contribution is 2.47. The van der Waals surface area contributed by atoms with E-state index in [4.69, 9.17) is 11.6 Å². The fourth-order valence-electron chi connectivity index (χ4n) is 5.80. The van der Waals surface area contributed by atoms with E-state index in [0.717, 1.165) is 78.5 Å². The van der Waals surface area contributed by atoms with Crippen LogP contribution < -0.4 is 9.80 Å². The Balaban J connectivity index is 1.33. The number of halogens is 1. The molecule has 6 rings (SSSR count). The minimum atomic E-state index is -0.927. The molecule has 40 heavy (non-hydrogen) atoms. The van der Waals surface area contributed by atoms with E-state index in [-0.39, 0.29) is 10.6 Å². The van der Waals surface area contributed by atoms with Crippen LogP contribution in [0.1, 0.15) is 34.9 Å². The molecule has 2 heterocycles. The summed E-state index contributed by atoms with van der Waals surface area (Å²) in [4.78, 5) is 27.8. The summed E-state index contributed by atoms with van der Waals surface area (Å²) in [6.07, 6.45) is 2.07. The van der Waals surface area contributed by atoms with E-state index < -0.39 is 5.97 Å². The number of piperazine rings is 1. The molecule has 1 saturated heterocycles. The second kappa shape index (κ2) is 10.4. The van der Waals surface area contributed by atoms with Crippen molar-refractivity contribution >= 4 is 34.6 Å². The van der Waals surface area contributed by atoms with Crippen molar-refractivity contribution in [2.75, 3.05) is 36.0 Å². The average molecular weight is 557 g/mol. The van der Waals surface area contributed by atoms with Gasteiger partial charge in [-0.2, -0.15) is 0 Å². The third-order valence-electron chi connectivity index (χ3n) is 7.90. The molecule has 0 unspecified atom stereocenters. The number of carbonyl (C=O) groups is 1. The van der Waals surface area contributed by atoms with Gasteiger partial charge in [0.1, 0.15) is 0 Å². The summed E-state index contributed by atoms with van der Waals surface area (Å²) >= 11 is 6.20. The van der Waals surface area contributed by atoms with Crippen molar-refractivity contribution in [3.63, 3.8) is 0 Å². The van der Waals surface area contributed by atoms with Gasteiger partial charge in [-0.3, -0.25) is 10.1 Å². The summed E-state index contributed by atoms with van der Waals surface area (Å²) in [6, 6.07) is 22.8. The summed E-state index contributed by atoms with van der Waals surface area (Å²) in [5.74, 6) is -0.927. The molecule has 9 heteroatoms. The van der Waals surface area contributed by atoms with E-state index in [2.05, 4.69) is 26.5 Å². The number of carboxylic acid groups (broad SMARTS) is 1. The van der Waals surface area contributed by atoms with Gasteiger partial charge in [-0.15, -0.1) is 0 Å². The van der Waals surface area contributed by atoms with Crippen molar-refractivity contribution in [3.8, 4) is 22.4 Å². The zero-order chi connectivity index (χ0) is 28.0. The normalized spacial score (nSPS) is 15.3. The third-order valence-corrected chi connectivity index (χ3v) is 8.15. The first-order chi connectivity index (χ1) is 19.3. The number of nitro groups is 1. The summed E-state index contributed by atoms with van der Waals surface area (Å²) in [5, 5.41) is 22.0. The number of benzene rings is 3. The van der Waals surface area contributed by atoms with Crippen LogP contribution in [-0.2, 0) is 0 Å². The second-order valence-electron chi connectivity index (χ2n) is 10.4. The minimum Gasteiger partial charge on any atom is -0.478 e. The first kappa shape index (κ1) is 26.0. The first-order valence-electron chi connectivity index (χ1n) is 13.4. The number of hydrogen-bond donors (Lipinski definition) is 1. The van der Waals surface area contributed by atoms with E-state index in [1.807, 2.05) is 43.3 Å². The summed E-state index contributed by atoms with van der Waals surface area (Å²) in [6.45, 7) is 5.01. The zero-order valence-electron chi connectivity index (χ0n) is 22.1. The molecular formula is C31H29ClN4O4. The van der Waals surface area contributed by atoms with Crippen LogP contribution in [0, 0.1) is 17.0 Å². The molecule has 2 aliphatic rings. The van der Waals surface area contributed by atoms with E-state index in [1.165, 1.54) is 0 Å². The lowest BCUT2D eigenvalue weighted by molar-refractivity contribution is -0.384. The number of nitro benzene ring substituents is 1. The number of carboxylic acids is 1. The SMILES string of the molecule is Cc1c(C(=O)O)c(-c2cccc(N3CCN(c4ccc([N+](=O)[O-])cc4)CC3)c2)c(-c2ccc(Cl)cc2)n1C1CC1. The van der Waals surface area contributed by atoms with Gasteiger partial charge in [0.2, 0.25) is 0 Å². The standard InChI is InChI=1S/C31H29ClN4O4/c1-20-28(31(37)38)29(30(35(20)25-11-12-25)21-5-7-23(32)8-6-21)22-3-2-4-27(19-22)34-17-15-33(16-18-34)24-9-13-26(14-10-24)36(39)40/h2-10,13-14,19,25H,11-12,15-18H2,1H3,(H,37,38). The summed E-state index contributed by atoms with van der Waals surface area (Å²) < 4.78 is 2.21. The van der Waals surface area contributed by atoms with Crippen LogP contribution in [0.3, 0.4) is 0 Å². The van der Waals surface area contributed by atoms with Crippen LogP contribution in [0.15, 0.2) is 72.8 Å². The van der Waals surface area contributed by atoms with Crippen LogP contribution in [-0.4, -0.2) is 46.7 Å². The van der Waals surface area contributed by atoms with E-state index >= 15 is 0 Å². The lowest BCUT2D eigenvalue weighted by Gasteiger charge is -2.37. The number of non-ortho nitro benzene ring substituents is 1. The van der Waals surface area contributed by atoms with Crippen LogP contribution >= 0.6 is 11.6 Å². The molecular weight excluding hydrogens is 528 g/mol. The Morgan fingerprint density at radius 2 is 1.52 bits per heavy atom. The van der Waals surface area contributed by atoms with Gasteiger partial charge in [0, 0.05) is 72.0 Å². The van der Waals surface area contributed by atoms with Gasteiger partial charge in [-0.05, 0) is 67.3 Å². The van der Waals surface area contributed by atoms with E-state index in [0.29, 0.717) is 16.6 Å². The Morgan fingerprint density at radius 3 is 2.10 bits per heavy atom. The Kier molecular flexibility index (Phi) is 6.72. The van der Waals surface area contributed by atoms with Gasteiger partial charge in [-0.1, -0.05) is 35.9 Å². The predicted octanol–water partition coefficient (Wildman–Crippen LogP) is 7.05. The number of rotatable bonds is 7. The van der Waals surface area contributed by atoms with Crippen molar-refractivity contribution in [1.29, 1.82) is 0 Å². The zero-order valence-corrected chi connectivity index (χ0v) is 22.8. The Morgan fingerprint density at radius 1 is 0.900 bits per heavy atom. The molecule has 8 nitrogen and oxygen atoms in total. The maximum atomic E-state index is 12.6. The fraction of sp³-hybridized carbons (Fsp3) is 0.258. The molecule has 1 saturated carbocycles. The highest BCUT2D eigenvalue weighted by Gasteiger charge is 2.34. The minimum absolute atomic E-state index is 0.0867. The topological polar surface area (TPSA) is 91.8 Å². The average Bonchev–Trinajstić information content (AvgIpc) is 3.75.